The van der Waals surface area contributed by atoms with Crippen LogP contribution in [0, 0.1) is 0 Å². The summed E-state index contributed by atoms with van der Waals surface area (Å²) in [7, 11) is 0. The van der Waals surface area contributed by atoms with Crippen molar-refractivity contribution in [2.45, 2.75) is 13.0 Å². The van der Waals surface area contributed by atoms with E-state index in [0.717, 1.165) is 6.42 Å². The molecule has 0 aromatic carbocycles. The van der Waals surface area contributed by atoms with Crippen molar-refractivity contribution in [1.82, 2.24) is 14.9 Å². The van der Waals surface area contributed by atoms with E-state index in [4.69, 9.17) is 11.5 Å². The lowest BCUT2D eigenvalue weighted by Gasteiger charge is -2.00. The van der Waals surface area contributed by atoms with Crippen LogP contribution in [-0.4, -0.2) is 35.1 Å². The topological polar surface area (TPSA) is 99.0 Å². The molecule has 84 valence electrons. The highest BCUT2D eigenvalue weighted by atomic mass is 16.1. The monoisotopic (exact) mass is 211 g/mol. The van der Waals surface area contributed by atoms with Gasteiger partial charge >= 0.3 is 0 Å². The van der Waals surface area contributed by atoms with E-state index < -0.39 is 0 Å². The van der Waals surface area contributed by atoms with E-state index in [2.05, 4.69) is 10.3 Å². The van der Waals surface area contributed by atoms with Gasteiger partial charge in [-0.1, -0.05) is 0 Å². The van der Waals surface area contributed by atoms with E-state index in [1.807, 2.05) is 0 Å². The molecule has 1 heterocycles. The first-order chi connectivity index (χ1) is 7.27. The lowest BCUT2D eigenvalue weighted by Crippen LogP contribution is -2.26. The molecule has 0 aliphatic carbocycles. The normalized spacial score (nSPS) is 10.3. The Kier molecular flexibility index (Phi) is 4.79. The zero-order valence-corrected chi connectivity index (χ0v) is 8.65. The van der Waals surface area contributed by atoms with Crippen molar-refractivity contribution in [3.8, 4) is 0 Å². The van der Waals surface area contributed by atoms with Gasteiger partial charge in [-0.05, 0) is 13.0 Å². The van der Waals surface area contributed by atoms with E-state index in [-0.39, 0.29) is 5.91 Å². The third-order valence-electron chi connectivity index (χ3n) is 1.92. The van der Waals surface area contributed by atoms with Gasteiger partial charge in [0.1, 0.15) is 5.69 Å². The number of amides is 1. The lowest BCUT2D eigenvalue weighted by molar-refractivity contribution is 0.0949. The Morgan fingerprint density at radius 3 is 2.93 bits per heavy atom. The number of nitrogens with one attached hydrogen (secondary N) is 1. The Hall–Kier alpha value is -1.40. The molecule has 0 bridgehead atoms. The number of rotatable bonds is 6. The summed E-state index contributed by atoms with van der Waals surface area (Å²) in [6.07, 6.45) is 4.06. The molecule has 0 aliphatic heterocycles. The molecule has 1 aromatic rings. The maximum atomic E-state index is 11.5. The van der Waals surface area contributed by atoms with Crippen molar-refractivity contribution in [3.05, 3.63) is 18.2 Å². The third kappa shape index (κ3) is 3.69. The molecule has 0 fully saturated rings. The molecule has 0 radical (unpaired) electrons. The molecule has 0 saturated carbocycles. The largest absolute Gasteiger partial charge is 0.351 e. The standard InChI is InChI=1S/C9H17N5O/c10-2-1-4-12-9(15)8-6-14(5-3-11)7-13-8/h6-7H,1-5,10-11H2,(H,12,15). The molecule has 0 unspecified atom stereocenters. The van der Waals surface area contributed by atoms with Gasteiger partial charge in [0.15, 0.2) is 0 Å². The SMILES string of the molecule is NCCCNC(=O)c1cn(CCN)cn1. The van der Waals surface area contributed by atoms with Crippen molar-refractivity contribution >= 4 is 5.91 Å². The fraction of sp³-hybridized carbons (Fsp3) is 0.556. The van der Waals surface area contributed by atoms with Crippen LogP contribution in [0.5, 0.6) is 0 Å². The summed E-state index contributed by atoms with van der Waals surface area (Å²) >= 11 is 0. The predicted octanol–water partition coefficient (Wildman–Crippen LogP) is -1.08. The van der Waals surface area contributed by atoms with E-state index in [9.17, 15) is 4.79 Å². The number of nitrogens with two attached hydrogens (primary N) is 2. The van der Waals surface area contributed by atoms with E-state index >= 15 is 0 Å². The van der Waals surface area contributed by atoms with Gasteiger partial charge in [0.25, 0.3) is 5.91 Å². The number of hydrogen-bond donors (Lipinski definition) is 3. The second kappa shape index (κ2) is 6.15. The van der Waals surface area contributed by atoms with Crippen LogP contribution in [0.25, 0.3) is 0 Å². The second-order valence-corrected chi connectivity index (χ2v) is 3.18. The fourth-order valence-corrected chi connectivity index (χ4v) is 1.14. The van der Waals surface area contributed by atoms with Crippen LogP contribution in [0.1, 0.15) is 16.9 Å². The molecule has 6 nitrogen and oxygen atoms in total. The van der Waals surface area contributed by atoms with Gasteiger partial charge in [-0.15, -0.1) is 0 Å². The minimum absolute atomic E-state index is 0.167. The minimum atomic E-state index is -0.167. The Bertz CT molecular complexity index is 309. The maximum absolute atomic E-state index is 11.5. The Morgan fingerprint density at radius 2 is 2.27 bits per heavy atom. The molecule has 1 rings (SSSR count). The predicted molar refractivity (Wildman–Crippen MR) is 57.3 cm³/mol. The zero-order chi connectivity index (χ0) is 11.1. The van der Waals surface area contributed by atoms with Crippen molar-refractivity contribution in [1.29, 1.82) is 0 Å². The van der Waals surface area contributed by atoms with Gasteiger partial charge in [0.2, 0.25) is 0 Å². The number of carbonyl (C=O) groups is 1. The minimum Gasteiger partial charge on any atom is -0.351 e. The molecule has 0 atom stereocenters. The first-order valence-electron chi connectivity index (χ1n) is 4.98. The van der Waals surface area contributed by atoms with Crippen LogP contribution in [0.3, 0.4) is 0 Å². The van der Waals surface area contributed by atoms with Crippen molar-refractivity contribution in [3.63, 3.8) is 0 Å². The third-order valence-corrected chi connectivity index (χ3v) is 1.92. The molecule has 0 saturated heterocycles. The molecule has 1 aromatic heterocycles. The van der Waals surface area contributed by atoms with Gasteiger partial charge in [0.05, 0.1) is 6.33 Å². The van der Waals surface area contributed by atoms with Gasteiger partial charge in [-0.3, -0.25) is 4.79 Å². The molecule has 0 spiro atoms. The Morgan fingerprint density at radius 1 is 1.47 bits per heavy atom. The van der Waals surface area contributed by atoms with Crippen molar-refractivity contribution in [2.75, 3.05) is 19.6 Å². The highest BCUT2D eigenvalue weighted by molar-refractivity contribution is 5.91. The number of hydrogen-bond acceptors (Lipinski definition) is 4. The molecule has 15 heavy (non-hydrogen) atoms. The van der Waals surface area contributed by atoms with Gasteiger partial charge in [-0.2, -0.15) is 0 Å². The summed E-state index contributed by atoms with van der Waals surface area (Å²) in [5, 5.41) is 2.73. The highest BCUT2D eigenvalue weighted by Gasteiger charge is 2.07. The Labute approximate surface area is 88.7 Å². The molecular formula is C9H17N5O. The number of imidazole rings is 1. The Balaban J connectivity index is 2.43. The summed E-state index contributed by atoms with van der Waals surface area (Å²) in [5.74, 6) is -0.167. The van der Waals surface area contributed by atoms with Crippen molar-refractivity contribution < 1.29 is 4.79 Å². The van der Waals surface area contributed by atoms with E-state index in [0.29, 0.717) is 31.9 Å². The summed E-state index contributed by atoms with van der Waals surface area (Å²) in [5.41, 5.74) is 11.1. The van der Waals surface area contributed by atoms with Crippen LogP contribution in [-0.2, 0) is 6.54 Å². The first-order valence-corrected chi connectivity index (χ1v) is 4.98. The van der Waals surface area contributed by atoms with Crippen LogP contribution in [0.2, 0.25) is 0 Å². The summed E-state index contributed by atoms with van der Waals surface area (Å²) < 4.78 is 1.79. The summed E-state index contributed by atoms with van der Waals surface area (Å²) in [6.45, 7) is 2.36. The molecule has 6 heteroatoms. The summed E-state index contributed by atoms with van der Waals surface area (Å²) in [4.78, 5) is 15.5. The van der Waals surface area contributed by atoms with Gasteiger partial charge in [-0.25, -0.2) is 4.98 Å². The van der Waals surface area contributed by atoms with E-state index in [1.54, 1.807) is 17.1 Å². The second-order valence-electron chi connectivity index (χ2n) is 3.18. The number of aromatic nitrogens is 2. The molecule has 0 aliphatic rings. The van der Waals surface area contributed by atoms with Crippen molar-refractivity contribution in [2.24, 2.45) is 11.5 Å². The average Bonchev–Trinajstić information content (AvgIpc) is 2.67. The van der Waals surface area contributed by atoms with Gasteiger partial charge in [0, 0.05) is 25.8 Å². The molecule has 1 amide bonds. The van der Waals surface area contributed by atoms with E-state index in [1.165, 1.54) is 0 Å². The quantitative estimate of drug-likeness (QED) is 0.521. The first kappa shape index (κ1) is 11.7. The van der Waals surface area contributed by atoms with Crippen LogP contribution >= 0.6 is 0 Å². The fourth-order valence-electron chi connectivity index (χ4n) is 1.14. The summed E-state index contributed by atoms with van der Waals surface area (Å²) in [6, 6.07) is 0. The highest BCUT2D eigenvalue weighted by Crippen LogP contribution is 1.95. The maximum Gasteiger partial charge on any atom is 0.271 e. The average molecular weight is 211 g/mol. The molecular weight excluding hydrogens is 194 g/mol. The number of nitrogens with zero attached hydrogens (tertiary/aromatic N) is 2. The zero-order valence-electron chi connectivity index (χ0n) is 8.65. The number of carbonyl (C=O) groups excluding carboxylic acids is 1. The van der Waals surface area contributed by atoms with Crippen LogP contribution < -0.4 is 16.8 Å². The smallest absolute Gasteiger partial charge is 0.271 e. The van der Waals surface area contributed by atoms with Gasteiger partial charge < -0.3 is 21.4 Å². The van der Waals surface area contributed by atoms with Crippen LogP contribution in [0.4, 0.5) is 0 Å². The molecule has 5 N–H and O–H groups in total. The lowest BCUT2D eigenvalue weighted by atomic mass is 10.4. The van der Waals surface area contributed by atoms with Crippen LogP contribution in [0.15, 0.2) is 12.5 Å².